The van der Waals surface area contributed by atoms with E-state index >= 15 is 0 Å². The van der Waals surface area contributed by atoms with E-state index in [1.165, 1.54) is 0 Å². The summed E-state index contributed by atoms with van der Waals surface area (Å²) in [5, 5.41) is 9.76. The van der Waals surface area contributed by atoms with Crippen LogP contribution in [0.2, 0.25) is 0 Å². The standard InChI is InChI=1S/C12H19N3O2/c1-12(2)5-3-6-13-10(12)11(16)14-8-9-4-7-15-17-9/h4,7,10,13H,3,5-6,8H2,1-2H3,(H,14,16). The fourth-order valence-electron chi connectivity index (χ4n) is 2.27. The third-order valence-electron chi connectivity index (χ3n) is 3.32. The van der Waals surface area contributed by atoms with Gasteiger partial charge in [-0.15, -0.1) is 0 Å². The number of aromatic nitrogens is 1. The van der Waals surface area contributed by atoms with Crippen molar-refractivity contribution in [2.75, 3.05) is 6.54 Å². The average Bonchev–Trinajstić information content (AvgIpc) is 2.78. The summed E-state index contributed by atoms with van der Waals surface area (Å²) in [6.07, 6.45) is 3.77. The Morgan fingerprint density at radius 1 is 1.71 bits per heavy atom. The molecule has 5 heteroatoms. The number of amides is 1. The third-order valence-corrected chi connectivity index (χ3v) is 3.32. The minimum Gasteiger partial charge on any atom is -0.360 e. The summed E-state index contributed by atoms with van der Waals surface area (Å²) in [5.74, 6) is 0.707. The summed E-state index contributed by atoms with van der Waals surface area (Å²) in [6.45, 7) is 5.55. The monoisotopic (exact) mass is 237 g/mol. The molecule has 1 unspecified atom stereocenters. The van der Waals surface area contributed by atoms with Gasteiger partial charge in [-0.1, -0.05) is 19.0 Å². The molecule has 1 atom stereocenters. The van der Waals surface area contributed by atoms with Crippen LogP contribution in [0.4, 0.5) is 0 Å². The maximum absolute atomic E-state index is 12.1. The van der Waals surface area contributed by atoms with E-state index < -0.39 is 0 Å². The molecule has 0 saturated carbocycles. The first-order valence-corrected chi connectivity index (χ1v) is 6.00. The Morgan fingerprint density at radius 3 is 3.18 bits per heavy atom. The van der Waals surface area contributed by atoms with Gasteiger partial charge in [0.2, 0.25) is 5.91 Å². The lowest BCUT2D eigenvalue weighted by Crippen LogP contribution is -2.55. The predicted octanol–water partition coefficient (Wildman–Crippen LogP) is 1.07. The van der Waals surface area contributed by atoms with Crippen LogP contribution in [0.25, 0.3) is 0 Å². The minimum absolute atomic E-state index is 0.00372. The van der Waals surface area contributed by atoms with Crippen LogP contribution < -0.4 is 10.6 Å². The van der Waals surface area contributed by atoms with Gasteiger partial charge in [0.1, 0.15) is 0 Å². The van der Waals surface area contributed by atoms with E-state index in [4.69, 9.17) is 4.52 Å². The molecule has 0 bridgehead atoms. The van der Waals surface area contributed by atoms with E-state index in [2.05, 4.69) is 29.6 Å². The predicted molar refractivity (Wildman–Crippen MR) is 63.2 cm³/mol. The van der Waals surface area contributed by atoms with Crippen LogP contribution in [-0.4, -0.2) is 23.7 Å². The van der Waals surface area contributed by atoms with Gasteiger partial charge in [0.15, 0.2) is 5.76 Å². The van der Waals surface area contributed by atoms with Crippen LogP contribution in [0.1, 0.15) is 32.4 Å². The van der Waals surface area contributed by atoms with Crippen LogP contribution in [0.15, 0.2) is 16.8 Å². The van der Waals surface area contributed by atoms with E-state index in [-0.39, 0.29) is 17.4 Å². The summed E-state index contributed by atoms with van der Waals surface area (Å²) >= 11 is 0. The van der Waals surface area contributed by atoms with Crippen molar-refractivity contribution in [2.45, 2.75) is 39.3 Å². The molecule has 1 amide bonds. The molecule has 2 heterocycles. The highest BCUT2D eigenvalue weighted by Gasteiger charge is 2.36. The Balaban J connectivity index is 1.90. The fourth-order valence-corrected chi connectivity index (χ4v) is 2.27. The zero-order valence-electron chi connectivity index (χ0n) is 10.3. The summed E-state index contributed by atoms with van der Waals surface area (Å²) in [7, 11) is 0. The summed E-state index contributed by atoms with van der Waals surface area (Å²) in [4.78, 5) is 12.1. The maximum Gasteiger partial charge on any atom is 0.238 e. The molecular weight excluding hydrogens is 218 g/mol. The van der Waals surface area contributed by atoms with E-state index in [0.717, 1.165) is 19.4 Å². The number of hydrogen-bond acceptors (Lipinski definition) is 4. The van der Waals surface area contributed by atoms with E-state index in [1.54, 1.807) is 12.3 Å². The smallest absolute Gasteiger partial charge is 0.238 e. The van der Waals surface area contributed by atoms with Crippen molar-refractivity contribution < 1.29 is 9.32 Å². The van der Waals surface area contributed by atoms with Crippen molar-refractivity contribution in [2.24, 2.45) is 5.41 Å². The molecule has 1 aliphatic rings. The Morgan fingerprint density at radius 2 is 2.53 bits per heavy atom. The second-order valence-corrected chi connectivity index (χ2v) is 5.18. The van der Waals surface area contributed by atoms with Crippen molar-refractivity contribution in [1.82, 2.24) is 15.8 Å². The Hall–Kier alpha value is -1.36. The first kappa shape index (κ1) is 12.1. The van der Waals surface area contributed by atoms with Gasteiger partial charge in [-0.25, -0.2) is 0 Å². The van der Waals surface area contributed by atoms with Crippen molar-refractivity contribution in [3.05, 3.63) is 18.0 Å². The highest BCUT2D eigenvalue weighted by atomic mass is 16.5. The lowest BCUT2D eigenvalue weighted by atomic mass is 9.77. The number of carbonyl (C=O) groups excluding carboxylic acids is 1. The number of carbonyl (C=O) groups is 1. The molecule has 94 valence electrons. The largest absolute Gasteiger partial charge is 0.360 e. The molecular formula is C12H19N3O2. The molecule has 5 nitrogen and oxygen atoms in total. The molecule has 1 saturated heterocycles. The van der Waals surface area contributed by atoms with Gasteiger partial charge in [-0.05, 0) is 24.8 Å². The number of hydrogen-bond donors (Lipinski definition) is 2. The molecule has 0 spiro atoms. The van der Waals surface area contributed by atoms with E-state index in [1.807, 2.05) is 0 Å². The number of nitrogens with one attached hydrogen (secondary N) is 2. The first-order valence-electron chi connectivity index (χ1n) is 6.00. The van der Waals surface area contributed by atoms with Crippen LogP contribution in [0, 0.1) is 5.41 Å². The van der Waals surface area contributed by atoms with Crippen molar-refractivity contribution in [3.8, 4) is 0 Å². The first-order chi connectivity index (χ1) is 8.09. The number of piperidine rings is 1. The number of rotatable bonds is 3. The lowest BCUT2D eigenvalue weighted by Gasteiger charge is -2.38. The quantitative estimate of drug-likeness (QED) is 0.825. The molecule has 0 aliphatic carbocycles. The van der Waals surface area contributed by atoms with Gasteiger partial charge in [-0.3, -0.25) is 4.79 Å². The molecule has 1 aromatic rings. The highest BCUT2D eigenvalue weighted by molar-refractivity contribution is 5.82. The fraction of sp³-hybridized carbons (Fsp3) is 0.667. The molecule has 1 fully saturated rings. The van der Waals surface area contributed by atoms with Crippen LogP contribution in [-0.2, 0) is 11.3 Å². The van der Waals surface area contributed by atoms with E-state index in [9.17, 15) is 4.79 Å². The highest BCUT2D eigenvalue weighted by Crippen LogP contribution is 2.30. The zero-order valence-corrected chi connectivity index (χ0v) is 10.3. The number of nitrogens with zero attached hydrogens (tertiary/aromatic N) is 1. The van der Waals surface area contributed by atoms with E-state index in [0.29, 0.717) is 12.3 Å². The van der Waals surface area contributed by atoms with Crippen LogP contribution in [0.3, 0.4) is 0 Å². The normalized spacial score (nSPS) is 23.3. The van der Waals surface area contributed by atoms with Gasteiger partial charge < -0.3 is 15.2 Å². The van der Waals surface area contributed by atoms with Gasteiger partial charge in [0.25, 0.3) is 0 Å². The Kier molecular flexibility index (Phi) is 3.47. The molecule has 1 aromatic heterocycles. The average molecular weight is 237 g/mol. The molecule has 2 N–H and O–H groups in total. The van der Waals surface area contributed by atoms with Gasteiger partial charge >= 0.3 is 0 Å². The second-order valence-electron chi connectivity index (χ2n) is 5.18. The van der Waals surface area contributed by atoms with Crippen molar-refractivity contribution in [3.63, 3.8) is 0 Å². The molecule has 1 aliphatic heterocycles. The second kappa shape index (κ2) is 4.87. The topological polar surface area (TPSA) is 67.2 Å². The summed E-state index contributed by atoms with van der Waals surface area (Å²) in [5.41, 5.74) is 0.00372. The van der Waals surface area contributed by atoms with Crippen molar-refractivity contribution in [1.29, 1.82) is 0 Å². The maximum atomic E-state index is 12.1. The van der Waals surface area contributed by atoms with Crippen molar-refractivity contribution >= 4 is 5.91 Å². The summed E-state index contributed by atoms with van der Waals surface area (Å²) in [6, 6.07) is 1.62. The third kappa shape index (κ3) is 2.85. The Labute approximate surface area is 101 Å². The minimum atomic E-state index is -0.126. The molecule has 2 rings (SSSR count). The van der Waals surface area contributed by atoms with Crippen LogP contribution in [0.5, 0.6) is 0 Å². The van der Waals surface area contributed by atoms with Gasteiger partial charge in [0, 0.05) is 6.07 Å². The summed E-state index contributed by atoms with van der Waals surface area (Å²) < 4.78 is 4.94. The van der Waals surface area contributed by atoms with Gasteiger partial charge in [0.05, 0.1) is 18.8 Å². The molecule has 0 aromatic carbocycles. The lowest BCUT2D eigenvalue weighted by molar-refractivity contribution is -0.127. The van der Waals surface area contributed by atoms with Gasteiger partial charge in [-0.2, -0.15) is 0 Å². The van der Waals surface area contributed by atoms with Crippen LogP contribution >= 0.6 is 0 Å². The molecule has 17 heavy (non-hydrogen) atoms. The molecule has 0 radical (unpaired) electrons. The zero-order chi connectivity index (χ0) is 12.3. The SMILES string of the molecule is CC1(C)CCCNC1C(=O)NCc1ccno1. The Bertz CT molecular complexity index is 373.